The summed E-state index contributed by atoms with van der Waals surface area (Å²) >= 11 is 0. The summed E-state index contributed by atoms with van der Waals surface area (Å²) < 4.78 is 12.9. The molecule has 0 spiro atoms. The molecule has 0 aliphatic heterocycles. The maximum atomic E-state index is 12.9. The number of nitrogens with one attached hydrogen (secondary N) is 2. The van der Waals surface area contributed by atoms with Crippen LogP contribution in [0.15, 0.2) is 24.3 Å². The Morgan fingerprint density at radius 2 is 1.70 bits per heavy atom. The van der Waals surface area contributed by atoms with Gasteiger partial charge in [0.05, 0.1) is 12.5 Å². The summed E-state index contributed by atoms with van der Waals surface area (Å²) in [5.74, 6) is -3.35. The van der Waals surface area contributed by atoms with Gasteiger partial charge < -0.3 is 15.7 Å². The molecule has 1 atom stereocenters. The zero-order valence-electron chi connectivity index (χ0n) is 13.4. The second kappa shape index (κ2) is 7.71. The third-order valence-electron chi connectivity index (χ3n) is 3.16. The number of carbonyl (C=O) groups excluding carboxylic acids is 2. The summed E-state index contributed by atoms with van der Waals surface area (Å²) in [5, 5.41) is 14.1. The Kier molecular flexibility index (Phi) is 6.24. The number of amides is 2. The van der Waals surface area contributed by atoms with Crippen molar-refractivity contribution in [3.05, 3.63) is 35.6 Å². The molecule has 2 amide bonds. The van der Waals surface area contributed by atoms with Crippen LogP contribution in [0.4, 0.5) is 4.39 Å². The van der Waals surface area contributed by atoms with E-state index in [1.165, 1.54) is 12.1 Å². The molecule has 126 valence electrons. The second-order valence-electron chi connectivity index (χ2n) is 6.18. The molecule has 0 heterocycles. The van der Waals surface area contributed by atoms with Gasteiger partial charge in [-0.25, -0.2) is 4.39 Å². The van der Waals surface area contributed by atoms with Crippen molar-refractivity contribution in [1.29, 1.82) is 0 Å². The van der Waals surface area contributed by atoms with Gasteiger partial charge in [-0.3, -0.25) is 14.4 Å². The van der Waals surface area contributed by atoms with E-state index >= 15 is 0 Å². The highest BCUT2D eigenvalue weighted by Gasteiger charge is 2.23. The van der Waals surface area contributed by atoms with Crippen molar-refractivity contribution in [2.75, 3.05) is 13.1 Å². The monoisotopic (exact) mass is 324 g/mol. The third-order valence-corrected chi connectivity index (χ3v) is 3.16. The fraction of sp³-hybridized carbons (Fsp3) is 0.438. The quantitative estimate of drug-likeness (QED) is 0.734. The molecule has 0 aliphatic carbocycles. The minimum absolute atomic E-state index is 0.148. The predicted octanol–water partition coefficient (Wildman–Crippen LogP) is 1.27. The Bertz CT molecular complexity index is 579. The minimum atomic E-state index is -1.13. The van der Waals surface area contributed by atoms with Crippen LogP contribution in [-0.2, 0) is 14.4 Å². The molecule has 1 unspecified atom stereocenters. The fourth-order valence-corrected chi connectivity index (χ4v) is 1.75. The van der Waals surface area contributed by atoms with Crippen molar-refractivity contribution in [2.45, 2.75) is 26.7 Å². The van der Waals surface area contributed by atoms with Crippen molar-refractivity contribution in [3.63, 3.8) is 0 Å². The van der Waals surface area contributed by atoms with Gasteiger partial charge >= 0.3 is 5.97 Å². The second-order valence-corrected chi connectivity index (χ2v) is 6.18. The molecule has 1 aromatic rings. The minimum Gasteiger partial charge on any atom is -0.481 e. The van der Waals surface area contributed by atoms with Gasteiger partial charge in [-0.15, -0.1) is 0 Å². The summed E-state index contributed by atoms with van der Waals surface area (Å²) in [5.41, 5.74) is -0.226. The number of halogens is 1. The maximum Gasteiger partial charge on any atom is 0.312 e. The van der Waals surface area contributed by atoms with E-state index in [9.17, 15) is 23.9 Å². The van der Waals surface area contributed by atoms with E-state index in [0.717, 1.165) is 12.1 Å². The molecule has 6 nitrogen and oxygen atoms in total. The number of carboxylic acid groups (broad SMARTS) is 1. The Balaban J connectivity index is 2.56. The largest absolute Gasteiger partial charge is 0.481 e. The molecule has 1 rings (SSSR count). The summed E-state index contributed by atoms with van der Waals surface area (Å²) in [6, 6.07) is 5.05. The van der Waals surface area contributed by atoms with Crippen molar-refractivity contribution in [3.8, 4) is 0 Å². The van der Waals surface area contributed by atoms with Gasteiger partial charge in [0.25, 0.3) is 0 Å². The first kappa shape index (κ1) is 18.6. The van der Waals surface area contributed by atoms with E-state index in [-0.39, 0.29) is 19.0 Å². The van der Waals surface area contributed by atoms with Crippen molar-refractivity contribution < 1.29 is 23.9 Å². The average molecular weight is 324 g/mol. The van der Waals surface area contributed by atoms with Crippen LogP contribution < -0.4 is 10.6 Å². The topological polar surface area (TPSA) is 95.5 Å². The van der Waals surface area contributed by atoms with E-state index in [2.05, 4.69) is 10.6 Å². The third kappa shape index (κ3) is 6.06. The first-order valence-electron chi connectivity index (χ1n) is 7.14. The first-order valence-corrected chi connectivity index (χ1v) is 7.14. The summed E-state index contributed by atoms with van der Waals surface area (Å²) in [6.07, 6.45) is 0. The number of aliphatic carboxylic acids is 1. The molecule has 0 aliphatic rings. The number of carbonyl (C=O) groups is 3. The van der Waals surface area contributed by atoms with Crippen LogP contribution in [0.5, 0.6) is 0 Å². The summed E-state index contributed by atoms with van der Waals surface area (Å²) in [6.45, 7) is 4.77. The molecular weight excluding hydrogens is 303 g/mol. The summed E-state index contributed by atoms with van der Waals surface area (Å²) in [7, 11) is 0. The van der Waals surface area contributed by atoms with Crippen molar-refractivity contribution in [2.24, 2.45) is 5.41 Å². The SMILES string of the molecule is CC(C)(C)C(=O)NCC(=O)NCC(C(=O)O)c1ccc(F)cc1. The van der Waals surface area contributed by atoms with E-state index in [1.807, 2.05) is 0 Å². The predicted molar refractivity (Wildman–Crippen MR) is 82.3 cm³/mol. The van der Waals surface area contributed by atoms with Gasteiger partial charge in [0.15, 0.2) is 0 Å². The van der Waals surface area contributed by atoms with Crippen LogP contribution >= 0.6 is 0 Å². The van der Waals surface area contributed by atoms with Crippen molar-refractivity contribution >= 4 is 17.8 Å². The number of carboxylic acids is 1. The molecule has 0 aromatic heterocycles. The van der Waals surface area contributed by atoms with Crippen LogP contribution in [0.3, 0.4) is 0 Å². The van der Waals surface area contributed by atoms with E-state index < -0.39 is 29.0 Å². The molecule has 1 aromatic carbocycles. The molecule has 3 N–H and O–H groups in total. The number of hydrogen-bond acceptors (Lipinski definition) is 3. The van der Waals surface area contributed by atoms with Gasteiger partial charge in [0.2, 0.25) is 11.8 Å². The molecule has 0 radical (unpaired) electrons. The lowest BCUT2D eigenvalue weighted by Crippen LogP contribution is -2.43. The molecule has 23 heavy (non-hydrogen) atoms. The van der Waals surface area contributed by atoms with Crippen LogP contribution in [0.2, 0.25) is 0 Å². The van der Waals surface area contributed by atoms with Gasteiger partial charge in [-0.1, -0.05) is 32.9 Å². The highest BCUT2D eigenvalue weighted by molar-refractivity contribution is 5.87. The molecule has 7 heteroatoms. The van der Waals surface area contributed by atoms with E-state index in [0.29, 0.717) is 5.56 Å². The van der Waals surface area contributed by atoms with E-state index in [1.54, 1.807) is 20.8 Å². The van der Waals surface area contributed by atoms with E-state index in [4.69, 9.17) is 0 Å². The number of rotatable bonds is 6. The van der Waals surface area contributed by atoms with Gasteiger partial charge in [-0.2, -0.15) is 0 Å². The summed E-state index contributed by atoms with van der Waals surface area (Å²) in [4.78, 5) is 34.6. The zero-order valence-corrected chi connectivity index (χ0v) is 13.4. The molecule has 0 saturated heterocycles. The highest BCUT2D eigenvalue weighted by Crippen LogP contribution is 2.16. The lowest BCUT2D eigenvalue weighted by Gasteiger charge is -2.18. The molecule has 0 bridgehead atoms. The van der Waals surface area contributed by atoms with Crippen LogP contribution in [-0.4, -0.2) is 36.0 Å². The van der Waals surface area contributed by atoms with Gasteiger partial charge in [-0.05, 0) is 17.7 Å². The Labute approximate surface area is 134 Å². The highest BCUT2D eigenvalue weighted by atomic mass is 19.1. The first-order chi connectivity index (χ1) is 10.6. The molecular formula is C16H21FN2O4. The van der Waals surface area contributed by atoms with Crippen LogP contribution in [0.25, 0.3) is 0 Å². The molecule has 0 fully saturated rings. The fourth-order valence-electron chi connectivity index (χ4n) is 1.75. The Hall–Kier alpha value is -2.44. The number of hydrogen-bond donors (Lipinski definition) is 3. The smallest absolute Gasteiger partial charge is 0.312 e. The zero-order chi connectivity index (χ0) is 17.6. The maximum absolute atomic E-state index is 12.9. The number of benzene rings is 1. The van der Waals surface area contributed by atoms with Crippen LogP contribution in [0, 0.1) is 11.2 Å². The van der Waals surface area contributed by atoms with Gasteiger partial charge in [0, 0.05) is 12.0 Å². The van der Waals surface area contributed by atoms with Crippen molar-refractivity contribution in [1.82, 2.24) is 10.6 Å². The van der Waals surface area contributed by atoms with Crippen LogP contribution in [0.1, 0.15) is 32.3 Å². The lowest BCUT2D eigenvalue weighted by molar-refractivity contribution is -0.139. The lowest BCUT2D eigenvalue weighted by atomic mass is 9.96. The standard InChI is InChI=1S/C16H21FN2O4/c1-16(2,3)15(23)19-9-13(20)18-8-12(14(21)22)10-4-6-11(17)7-5-10/h4-7,12H,8-9H2,1-3H3,(H,18,20)(H,19,23)(H,21,22). The Morgan fingerprint density at radius 3 is 2.17 bits per heavy atom. The van der Waals surface area contributed by atoms with Gasteiger partial charge in [0.1, 0.15) is 5.82 Å². The molecule has 0 saturated carbocycles. The Morgan fingerprint density at radius 1 is 1.13 bits per heavy atom. The average Bonchev–Trinajstić information content (AvgIpc) is 2.45. The normalized spacial score (nSPS) is 12.3.